The summed E-state index contributed by atoms with van der Waals surface area (Å²) < 4.78 is 1.18. The Morgan fingerprint density at radius 2 is 1.96 bits per heavy atom. The molecule has 0 aliphatic carbocycles. The Morgan fingerprint density at radius 1 is 1.24 bits per heavy atom. The molecule has 0 aliphatic heterocycles. The van der Waals surface area contributed by atoms with Gasteiger partial charge in [0.2, 0.25) is 5.88 Å². The molecule has 5 nitrogen and oxygen atoms in total. The van der Waals surface area contributed by atoms with Crippen LogP contribution in [0.4, 0.5) is 5.69 Å². The molecule has 0 unspecified atom stereocenters. The number of pyridine rings is 1. The summed E-state index contributed by atoms with van der Waals surface area (Å²) in [6, 6.07) is 15.6. The maximum atomic E-state index is 12.2. The molecule has 1 N–H and O–H groups in total. The summed E-state index contributed by atoms with van der Waals surface area (Å²) in [5, 5.41) is 21.7. The Hall–Kier alpha value is -3.39. The molecule has 124 valence electrons. The summed E-state index contributed by atoms with van der Waals surface area (Å²) in [4.78, 5) is 16.7. The molecule has 0 saturated carbocycles. The lowest BCUT2D eigenvalue weighted by molar-refractivity contribution is 0.409. The molecule has 1 aromatic heterocycles. The third kappa shape index (κ3) is 2.79. The summed E-state index contributed by atoms with van der Waals surface area (Å²) >= 11 is 0. The Balaban J connectivity index is 2.19. The van der Waals surface area contributed by atoms with Gasteiger partial charge in [0.25, 0.3) is 5.56 Å². The van der Waals surface area contributed by atoms with E-state index in [1.807, 2.05) is 48.5 Å². The Labute approximate surface area is 145 Å². The molecule has 0 aliphatic rings. The number of aromatic nitrogens is 1. The van der Waals surface area contributed by atoms with Crippen molar-refractivity contribution in [2.24, 2.45) is 4.99 Å². The first kappa shape index (κ1) is 16.5. The second-order valence-electron chi connectivity index (χ2n) is 5.65. The fourth-order valence-electron chi connectivity index (χ4n) is 2.87. The minimum atomic E-state index is -0.484. The zero-order valence-electron chi connectivity index (χ0n) is 14.0. The maximum Gasteiger partial charge on any atom is 0.271 e. The molecule has 25 heavy (non-hydrogen) atoms. The smallest absolute Gasteiger partial charge is 0.271 e. The molecule has 2 aromatic carbocycles. The van der Waals surface area contributed by atoms with Gasteiger partial charge in [-0.15, -0.1) is 0 Å². The molecule has 0 saturated heterocycles. The lowest BCUT2D eigenvalue weighted by Crippen LogP contribution is -2.24. The third-order valence-corrected chi connectivity index (χ3v) is 4.26. The van der Waals surface area contributed by atoms with Gasteiger partial charge in [0.1, 0.15) is 11.6 Å². The van der Waals surface area contributed by atoms with Gasteiger partial charge in [0, 0.05) is 18.1 Å². The van der Waals surface area contributed by atoms with Crippen molar-refractivity contribution in [2.45, 2.75) is 20.4 Å². The van der Waals surface area contributed by atoms with Gasteiger partial charge in [0.15, 0.2) is 0 Å². The van der Waals surface area contributed by atoms with Crippen LogP contribution in [0.5, 0.6) is 5.88 Å². The van der Waals surface area contributed by atoms with Gasteiger partial charge in [-0.1, -0.05) is 36.4 Å². The van der Waals surface area contributed by atoms with Crippen LogP contribution in [0.15, 0.2) is 52.3 Å². The normalized spacial score (nSPS) is 11.1. The number of aromatic hydroxyl groups is 1. The number of benzene rings is 2. The van der Waals surface area contributed by atoms with Crippen molar-refractivity contribution in [3.63, 3.8) is 0 Å². The molecular weight excluding hydrogens is 314 g/mol. The van der Waals surface area contributed by atoms with Crippen molar-refractivity contribution in [1.29, 1.82) is 5.26 Å². The number of nitriles is 1. The highest BCUT2D eigenvalue weighted by Gasteiger charge is 2.16. The SMILES string of the molecule is CCn1c(O)c(C=Nc2cccc3ccccc23)c(C)c(C#N)c1=O. The van der Waals surface area contributed by atoms with Crippen molar-refractivity contribution >= 4 is 22.7 Å². The number of rotatable bonds is 3. The number of fused-ring (bicyclic) bond motifs is 1. The molecule has 0 atom stereocenters. The third-order valence-electron chi connectivity index (χ3n) is 4.26. The number of aliphatic imine (C=N–C) groups is 1. The first-order chi connectivity index (χ1) is 12.1. The Bertz CT molecular complexity index is 1080. The number of nitrogens with zero attached hydrogens (tertiary/aromatic N) is 3. The van der Waals surface area contributed by atoms with E-state index >= 15 is 0 Å². The zero-order chi connectivity index (χ0) is 18.0. The van der Waals surface area contributed by atoms with Gasteiger partial charge in [0.05, 0.1) is 11.3 Å². The maximum absolute atomic E-state index is 12.2. The monoisotopic (exact) mass is 331 g/mol. The molecule has 0 amide bonds. The van der Waals surface area contributed by atoms with Crippen LogP contribution in [0.1, 0.15) is 23.6 Å². The minimum Gasteiger partial charge on any atom is -0.494 e. The second-order valence-corrected chi connectivity index (χ2v) is 5.65. The van der Waals surface area contributed by atoms with Crippen molar-refractivity contribution in [2.75, 3.05) is 0 Å². The van der Waals surface area contributed by atoms with Crippen molar-refractivity contribution in [3.8, 4) is 11.9 Å². The van der Waals surface area contributed by atoms with E-state index in [4.69, 9.17) is 0 Å². The van der Waals surface area contributed by atoms with Crippen LogP contribution in [0.25, 0.3) is 10.8 Å². The molecule has 0 fully saturated rings. The van der Waals surface area contributed by atoms with E-state index < -0.39 is 5.56 Å². The van der Waals surface area contributed by atoms with Crippen molar-refractivity contribution in [3.05, 3.63) is 69.5 Å². The average molecular weight is 331 g/mol. The van der Waals surface area contributed by atoms with Gasteiger partial charge >= 0.3 is 0 Å². The molecule has 0 bridgehead atoms. The molecule has 0 radical (unpaired) electrons. The highest BCUT2D eigenvalue weighted by Crippen LogP contribution is 2.27. The number of hydrogen-bond acceptors (Lipinski definition) is 4. The van der Waals surface area contributed by atoms with Crippen LogP contribution in [-0.4, -0.2) is 15.9 Å². The zero-order valence-corrected chi connectivity index (χ0v) is 14.0. The van der Waals surface area contributed by atoms with Crippen molar-refractivity contribution in [1.82, 2.24) is 4.57 Å². The van der Waals surface area contributed by atoms with Crippen molar-refractivity contribution < 1.29 is 5.11 Å². The van der Waals surface area contributed by atoms with E-state index in [0.29, 0.717) is 11.1 Å². The highest BCUT2D eigenvalue weighted by molar-refractivity contribution is 5.96. The van der Waals surface area contributed by atoms with Gasteiger partial charge < -0.3 is 5.11 Å². The Morgan fingerprint density at radius 3 is 2.68 bits per heavy atom. The fraction of sp³-hybridized carbons (Fsp3) is 0.150. The lowest BCUT2D eigenvalue weighted by atomic mass is 10.1. The largest absolute Gasteiger partial charge is 0.494 e. The predicted molar refractivity (Wildman–Crippen MR) is 98.7 cm³/mol. The topological polar surface area (TPSA) is 78.4 Å². The first-order valence-corrected chi connectivity index (χ1v) is 7.96. The predicted octanol–water partition coefficient (Wildman–Crippen LogP) is 3.66. The summed E-state index contributed by atoms with van der Waals surface area (Å²) in [5.41, 5.74) is 1.11. The van der Waals surface area contributed by atoms with Crippen LogP contribution >= 0.6 is 0 Å². The first-order valence-electron chi connectivity index (χ1n) is 7.96. The van der Waals surface area contributed by atoms with Crippen LogP contribution in [0.3, 0.4) is 0 Å². The quantitative estimate of drug-likeness (QED) is 0.744. The van der Waals surface area contributed by atoms with Gasteiger partial charge in [-0.3, -0.25) is 14.4 Å². The van der Waals surface area contributed by atoms with Crippen LogP contribution in [0, 0.1) is 18.3 Å². The van der Waals surface area contributed by atoms with Crippen LogP contribution in [-0.2, 0) is 6.54 Å². The Kier molecular flexibility index (Phi) is 4.36. The van der Waals surface area contributed by atoms with E-state index in [-0.39, 0.29) is 18.0 Å². The van der Waals surface area contributed by atoms with Crippen LogP contribution < -0.4 is 5.56 Å². The van der Waals surface area contributed by atoms with Gasteiger partial charge in [-0.25, -0.2) is 0 Å². The average Bonchev–Trinajstić information content (AvgIpc) is 2.62. The van der Waals surface area contributed by atoms with Crippen LogP contribution in [0.2, 0.25) is 0 Å². The van der Waals surface area contributed by atoms with E-state index in [1.165, 1.54) is 10.8 Å². The van der Waals surface area contributed by atoms with Gasteiger partial charge in [-0.2, -0.15) is 5.26 Å². The fourth-order valence-corrected chi connectivity index (χ4v) is 2.87. The molecular formula is C20H17N3O2. The summed E-state index contributed by atoms with van der Waals surface area (Å²) in [6.45, 7) is 3.65. The van der Waals surface area contributed by atoms with Gasteiger partial charge in [-0.05, 0) is 30.9 Å². The second kappa shape index (κ2) is 6.62. The van der Waals surface area contributed by atoms with E-state index in [9.17, 15) is 15.2 Å². The summed E-state index contributed by atoms with van der Waals surface area (Å²) in [7, 11) is 0. The standard InChI is InChI=1S/C20H17N3O2/c1-3-23-19(24)16(11-21)13(2)17(20(23)25)12-22-18-10-6-8-14-7-4-5-9-15(14)18/h4-10,12,25H,3H2,1-2H3. The molecule has 3 aromatic rings. The lowest BCUT2D eigenvalue weighted by Gasteiger charge is -2.12. The van der Waals surface area contributed by atoms with E-state index in [0.717, 1.165) is 16.5 Å². The highest BCUT2D eigenvalue weighted by atomic mass is 16.3. The molecule has 3 rings (SSSR count). The van der Waals surface area contributed by atoms with E-state index in [1.54, 1.807) is 13.8 Å². The molecule has 1 heterocycles. The number of hydrogen-bond donors (Lipinski definition) is 1. The minimum absolute atomic E-state index is 0.0269. The molecule has 5 heteroatoms. The summed E-state index contributed by atoms with van der Waals surface area (Å²) in [6.07, 6.45) is 1.51. The molecule has 0 spiro atoms. The summed E-state index contributed by atoms with van der Waals surface area (Å²) in [5.74, 6) is -0.173. The van der Waals surface area contributed by atoms with E-state index in [2.05, 4.69) is 4.99 Å².